The van der Waals surface area contributed by atoms with Gasteiger partial charge in [-0.05, 0) is 32.0 Å². The van der Waals surface area contributed by atoms with Gasteiger partial charge < -0.3 is 4.74 Å². The van der Waals surface area contributed by atoms with Crippen LogP contribution in [0.15, 0.2) is 30.4 Å². The molecule has 86 valence electrons. The van der Waals surface area contributed by atoms with Gasteiger partial charge in [0.25, 0.3) is 0 Å². The van der Waals surface area contributed by atoms with Gasteiger partial charge in [-0.2, -0.15) is 0 Å². The van der Waals surface area contributed by atoms with Crippen LogP contribution in [-0.4, -0.2) is 12.4 Å². The van der Waals surface area contributed by atoms with Crippen molar-refractivity contribution in [2.75, 3.05) is 6.61 Å². The molecule has 0 heterocycles. The molecule has 0 radical (unpaired) electrons. The summed E-state index contributed by atoms with van der Waals surface area (Å²) in [6.45, 7) is 7.49. The lowest BCUT2D eigenvalue weighted by atomic mass is 10.1. The van der Waals surface area contributed by atoms with Crippen molar-refractivity contribution in [3.8, 4) is 5.75 Å². The molecule has 1 rings (SSSR count). The molecule has 0 amide bonds. The molecule has 0 N–H and O–H groups in total. The van der Waals surface area contributed by atoms with E-state index < -0.39 is 5.82 Å². The van der Waals surface area contributed by atoms with Crippen LogP contribution in [0.5, 0.6) is 5.75 Å². The maximum Gasteiger partial charge on any atom is 0.163 e. The molecule has 3 heteroatoms. The number of ketones is 1. The summed E-state index contributed by atoms with van der Waals surface area (Å²) in [7, 11) is 0. The zero-order valence-corrected chi connectivity index (χ0v) is 9.55. The largest absolute Gasteiger partial charge is 0.492 e. The maximum absolute atomic E-state index is 12.9. The van der Waals surface area contributed by atoms with E-state index in [4.69, 9.17) is 4.74 Å². The molecule has 0 aromatic heterocycles. The zero-order chi connectivity index (χ0) is 12.1. The third-order valence-electron chi connectivity index (χ3n) is 2.11. The molecule has 1 aromatic carbocycles. The number of halogens is 1. The van der Waals surface area contributed by atoms with Gasteiger partial charge in [0, 0.05) is 6.42 Å². The molecule has 0 aliphatic heterocycles. The van der Waals surface area contributed by atoms with Crippen molar-refractivity contribution < 1.29 is 13.9 Å². The van der Waals surface area contributed by atoms with E-state index in [1.54, 1.807) is 0 Å². The van der Waals surface area contributed by atoms with E-state index in [9.17, 15) is 9.18 Å². The molecule has 0 spiro atoms. The van der Waals surface area contributed by atoms with Gasteiger partial charge in [0.15, 0.2) is 5.78 Å². The monoisotopic (exact) mass is 222 g/mol. The quantitative estimate of drug-likeness (QED) is 0.564. The first-order valence-electron chi connectivity index (χ1n) is 5.08. The van der Waals surface area contributed by atoms with Crippen LogP contribution < -0.4 is 4.74 Å². The van der Waals surface area contributed by atoms with E-state index in [0.717, 1.165) is 5.57 Å². The van der Waals surface area contributed by atoms with Crippen molar-refractivity contribution in [1.82, 2.24) is 0 Å². The van der Waals surface area contributed by atoms with Gasteiger partial charge in [-0.3, -0.25) is 4.79 Å². The second kappa shape index (κ2) is 5.45. The molecule has 0 bridgehead atoms. The average Bonchev–Trinajstić information content (AvgIpc) is 2.19. The van der Waals surface area contributed by atoms with Crippen LogP contribution in [0, 0.1) is 5.82 Å². The lowest BCUT2D eigenvalue weighted by molar-refractivity contribution is 0.101. The Morgan fingerprint density at radius 2 is 2.12 bits per heavy atom. The van der Waals surface area contributed by atoms with Gasteiger partial charge in [0.05, 0.1) is 12.2 Å². The first kappa shape index (κ1) is 12.4. The lowest BCUT2D eigenvalue weighted by Gasteiger charge is -2.09. The van der Waals surface area contributed by atoms with E-state index in [-0.39, 0.29) is 11.3 Å². The molecule has 0 aliphatic rings. The summed E-state index contributed by atoms with van der Waals surface area (Å²) in [4.78, 5) is 11.3. The highest BCUT2D eigenvalue weighted by Gasteiger charge is 2.09. The Labute approximate surface area is 94.7 Å². The molecule has 0 unspecified atom stereocenters. The van der Waals surface area contributed by atoms with Gasteiger partial charge in [0.1, 0.15) is 11.6 Å². The predicted molar refractivity (Wildman–Crippen MR) is 61.3 cm³/mol. The van der Waals surface area contributed by atoms with Crippen LogP contribution in [0.25, 0.3) is 0 Å². The van der Waals surface area contributed by atoms with Crippen LogP contribution in [0.4, 0.5) is 4.39 Å². The zero-order valence-electron chi connectivity index (χ0n) is 9.55. The van der Waals surface area contributed by atoms with Crippen molar-refractivity contribution in [3.63, 3.8) is 0 Å². The Hall–Kier alpha value is -1.64. The molecule has 16 heavy (non-hydrogen) atoms. The topological polar surface area (TPSA) is 26.3 Å². The van der Waals surface area contributed by atoms with Gasteiger partial charge in [-0.15, -0.1) is 6.58 Å². The first-order valence-corrected chi connectivity index (χ1v) is 5.08. The summed E-state index contributed by atoms with van der Waals surface area (Å²) in [5, 5.41) is 0. The number of ether oxygens (including phenoxy) is 1. The summed E-state index contributed by atoms with van der Waals surface area (Å²) < 4.78 is 18.4. The smallest absolute Gasteiger partial charge is 0.163 e. The Morgan fingerprint density at radius 3 is 2.69 bits per heavy atom. The summed E-state index contributed by atoms with van der Waals surface area (Å²) in [5.41, 5.74) is 1.29. The molecule has 0 atom stereocenters. The van der Waals surface area contributed by atoms with Gasteiger partial charge in [-0.1, -0.05) is 5.57 Å². The molecule has 0 aliphatic carbocycles. The lowest BCUT2D eigenvalue weighted by Crippen LogP contribution is -2.03. The molecule has 0 fully saturated rings. The minimum Gasteiger partial charge on any atom is -0.492 e. The van der Waals surface area contributed by atoms with Gasteiger partial charge in [-0.25, -0.2) is 4.39 Å². The molecule has 0 saturated heterocycles. The van der Waals surface area contributed by atoms with Crippen LogP contribution in [0.3, 0.4) is 0 Å². The van der Waals surface area contributed by atoms with Crippen LogP contribution in [-0.2, 0) is 0 Å². The molecule has 2 nitrogen and oxygen atoms in total. The summed E-state index contributed by atoms with van der Waals surface area (Å²) in [6, 6.07) is 3.95. The van der Waals surface area contributed by atoms with E-state index in [1.807, 2.05) is 6.92 Å². The number of hydrogen-bond acceptors (Lipinski definition) is 2. The second-order valence-electron chi connectivity index (χ2n) is 3.75. The number of rotatable bonds is 5. The van der Waals surface area contributed by atoms with Gasteiger partial charge >= 0.3 is 0 Å². The Kier molecular flexibility index (Phi) is 4.23. The molecular weight excluding hydrogens is 207 g/mol. The first-order chi connectivity index (χ1) is 7.50. The fourth-order valence-electron chi connectivity index (χ4n) is 1.24. The molecular formula is C13H15FO2. The number of Topliss-reactive ketones (excluding diaryl/α,β-unsaturated/α-hetero) is 1. The Bertz CT molecular complexity index is 410. The minimum absolute atomic E-state index is 0.204. The van der Waals surface area contributed by atoms with Gasteiger partial charge in [0.2, 0.25) is 0 Å². The van der Waals surface area contributed by atoms with Crippen LogP contribution in [0.2, 0.25) is 0 Å². The maximum atomic E-state index is 12.9. The number of carbonyl (C=O) groups is 1. The van der Waals surface area contributed by atoms with Crippen LogP contribution >= 0.6 is 0 Å². The number of carbonyl (C=O) groups excluding carboxylic acids is 1. The third kappa shape index (κ3) is 3.50. The highest BCUT2D eigenvalue weighted by Crippen LogP contribution is 2.20. The Morgan fingerprint density at radius 1 is 1.44 bits per heavy atom. The summed E-state index contributed by atoms with van der Waals surface area (Å²) >= 11 is 0. The van der Waals surface area contributed by atoms with E-state index >= 15 is 0 Å². The van der Waals surface area contributed by atoms with E-state index in [0.29, 0.717) is 18.8 Å². The second-order valence-corrected chi connectivity index (χ2v) is 3.75. The van der Waals surface area contributed by atoms with E-state index in [2.05, 4.69) is 6.58 Å². The van der Waals surface area contributed by atoms with E-state index in [1.165, 1.54) is 25.1 Å². The summed E-state index contributed by atoms with van der Waals surface area (Å²) in [6.07, 6.45) is 0.717. The number of hydrogen-bond donors (Lipinski definition) is 0. The standard InChI is InChI=1S/C13H15FO2/c1-9(2)6-7-16-13-5-4-11(14)8-12(13)10(3)15/h4-5,8H,1,6-7H2,2-3H3. The van der Waals surface area contributed by atoms with Crippen molar-refractivity contribution in [2.24, 2.45) is 0 Å². The van der Waals surface area contributed by atoms with Crippen molar-refractivity contribution >= 4 is 5.78 Å². The highest BCUT2D eigenvalue weighted by molar-refractivity contribution is 5.96. The number of benzene rings is 1. The average molecular weight is 222 g/mol. The molecule has 0 saturated carbocycles. The van der Waals surface area contributed by atoms with Crippen molar-refractivity contribution in [2.45, 2.75) is 20.3 Å². The fraction of sp³-hybridized carbons (Fsp3) is 0.308. The Balaban J connectivity index is 2.78. The third-order valence-corrected chi connectivity index (χ3v) is 2.11. The highest BCUT2D eigenvalue weighted by atomic mass is 19.1. The fourth-order valence-corrected chi connectivity index (χ4v) is 1.24. The SMILES string of the molecule is C=C(C)CCOc1ccc(F)cc1C(C)=O. The van der Waals surface area contributed by atoms with Crippen molar-refractivity contribution in [1.29, 1.82) is 0 Å². The van der Waals surface area contributed by atoms with Crippen LogP contribution in [0.1, 0.15) is 30.6 Å². The molecule has 1 aromatic rings. The normalized spacial score (nSPS) is 9.94. The van der Waals surface area contributed by atoms with Crippen molar-refractivity contribution in [3.05, 3.63) is 41.7 Å². The summed E-state index contributed by atoms with van der Waals surface area (Å²) in [5.74, 6) is -0.211. The minimum atomic E-state index is -0.433. The predicted octanol–water partition coefficient (Wildman–Crippen LogP) is 3.37.